The SMILES string of the molecule is CN(C1CC2CCC(C1)N2)S(=O)(=O)c1ccc(Cl)c(F)c1Cl.Cl. The lowest BCUT2D eigenvalue weighted by Crippen LogP contribution is -2.48. The van der Waals surface area contributed by atoms with Gasteiger partial charge in [0.2, 0.25) is 10.0 Å². The molecule has 2 atom stereocenters. The summed E-state index contributed by atoms with van der Waals surface area (Å²) in [6.07, 6.45) is 3.68. The summed E-state index contributed by atoms with van der Waals surface area (Å²) in [6, 6.07) is 3.10. The number of hydrogen-bond acceptors (Lipinski definition) is 3. The van der Waals surface area contributed by atoms with Gasteiger partial charge in [0.1, 0.15) is 4.90 Å². The Morgan fingerprint density at radius 3 is 2.35 bits per heavy atom. The number of rotatable bonds is 3. The van der Waals surface area contributed by atoms with Crippen LogP contribution in [0, 0.1) is 5.82 Å². The zero-order valence-corrected chi connectivity index (χ0v) is 15.6. The van der Waals surface area contributed by atoms with E-state index in [9.17, 15) is 12.8 Å². The molecule has 0 saturated carbocycles. The van der Waals surface area contributed by atoms with E-state index < -0.39 is 20.9 Å². The molecule has 0 amide bonds. The van der Waals surface area contributed by atoms with Crippen LogP contribution in [-0.2, 0) is 10.0 Å². The van der Waals surface area contributed by atoms with Crippen molar-refractivity contribution in [3.05, 3.63) is 28.0 Å². The van der Waals surface area contributed by atoms with Gasteiger partial charge >= 0.3 is 0 Å². The van der Waals surface area contributed by atoms with E-state index in [0.717, 1.165) is 25.7 Å². The molecular formula is C14H18Cl3FN2O2S. The van der Waals surface area contributed by atoms with Crippen LogP contribution in [0.2, 0.25) is 10.0 Å². The third-order valence-electron chi connectivity index (χ3n) is 4.62. The van der Waals surface area contributed by atoms with E-state index in [4.69, 9.17) is 23.2 Å². The number of fused-ring (bicyclic) bond motifs is 2. The minimum Gasteiger partial charge on any atom is -0.311 e. The summed E-state index contributed by atoms with van der Waals surface area (Å²) in [5, 5.41) is 2.83. The van der Waals surface area contributed by atoms with Crippen LogP contribution in [0.4, 0.5) is 4.39 Å². The number of nitrogens with zero attached hydrogens (tertiary/aromatic N) is 1. The average molecular weight is 404 g/mol. The summed E-state index contributed by atoms with van der Waals surface area (Å²) in [7, 11) is -2.32. The molecule has 9 heteroatoms. The molecule has 1 aromatic rings. The summed E-state index contributed by atoms with van der Waals surface area (Å²) in [5.74, 6) is -0.900. The zero-order chi connectivity index (χ0) is 16.1. The molecule has 0 aromatic heterocycles. The van der Waals surface area contributed by atoms with Gasteiger partial charge in [-0.15, -0.1) is 12.4 Å². The standard InChI is InChI=1S/C14H17Cl2FN2O2S.ClH/c1-19(10-6-8-2-3-9(7-10)18-8)22(20,21)12-5-4-11(15)14(17)13(12)16;/h4-5,8-10,18H,2-3,6-7H2,1H3;1H. The molecule has 2 fully saturated rings. The lowest BCUT2D eigenvalue weighted by molar-refractivity contribution is 0.251. The van der Waals surface area contributed by atoms with Gasteiger partial charge in [-0.25, -0.2) is 12.8 Å². The maximum absolute atomic E-state index is 13.8. The Morgan fingerprint density at radius 2 is 1.78 bits per heavy atom. The molecule has 2 aliphatic rings. The predicted molar refractivity (Wildman–Crippen MR) is 91.6 cm³/mol. The molecule has 0 aliphatic carbocycles. The molecule has 2 bridgehead atoms. The number of hydrogen-bond donors (Lipinski definition) is 1. The number of piperidine rings is 1. The lowest BCUT2D eigenvalue weighted by atomic mass is 10.0. The second-order valence-electron chi connectivity index (χ2n) is 5.96. The minimum absolute atomic E-state index is 0. The Hall–Kier alpha value is -0.110. The van der Waals surface area contributed by atoms with E-state index >= 15 is 0 Å². The summed E-state index contributed by atoms with van der Waals surface area (Å²) in [6.45, 7) is 0. The van der Waals surface area contributed by atoms with Crippen LogP contribution in [0.5, 0.6) is 0 Å². The van der Waals surface area contributed by atoms with Crippen molar-refractivity contribution in [2.75, 3.05) is 7.05 Å². The van der Waals surface area contributed by atoms with E-state index in [0.29, 0.717) is 12.1 Å². The van der Waals surface area contributed by atoms with Gasteiger partial charge in [0.15, 0.2) is 5.82 Å². The minimum atomic E-state index is -3.85. The highest BCUT2D eigenvalue weighted by Gasteiger charge is 2.39. The van der Waals surface area contributed by atoms with Crippen molar-refractivity contribution >= 4 is 45.6 Å². The summed E-state index contributed by atoms with van der Waals surface area (Å²) >= 11 is 11.5. The first-order chi connectivity index (χ1) is 10.3. The number of sulfonamides is 1. The van der Waals surface area contributed by atoms with Crippen molar-refractivity contribution in [3.63, 3.8) is 0 Å². The second kappa shape index (κ2) is 7.02. The maximum atomic E-state index is 13.8. The molecule has 4 nitrogen and oxygen atoms in total. The zero-order valence-electron chi connectivity index (χ0n) is 12.4. The fourth-order valence-corrected chi connectivity index (χ4v) is 5.48. The van der Waals surface area contributed by atoms with E-state index in [2.05, 4.69) is 5.32 Å². The van der Waals surface area contributed by atoms with Gasteiger partial charge in [-0.2, -0.15) is 4.31 Å². The Labute approximate surface area is 151 Å². The Morgan fingerprint density at radius 1 is 1.22 bits per heavy atom. The normalized spacial score (nSPS) is 27.1. The molecule has 130 valence electrons. The van der Waals surface area contributed by atoms with Gasteiger partial charge in [-0.05, 0) is 37.8 Å². The van der Waals surface area contributed by atoms with Gasteiger partial charge in [0, 0.05) is 25.2 Å². The van der Waals surface area contributed by atoms with Gasteiger partial charge in [0.25, 0.3) is 0 Å². The summed E-state index contributed by atoms with van der Waals surface area (Å²) < 4.78 is 40.7. The molecule has 0 spiro atoms. The number of benzene rings is 1. The Bertz CT molecular complexity index is 690. The average Bonchev–Trinajstić information content (AvgIpc) is 2.82. The molecule has 0 radical (unpaired) electrons. The fourth-order valence-electron chi connectivity index (χ4n) is 3.38. The Kier molecular flexibility index (Phi) is 5.87. The van der Waals surface area contributed by atoms with Gasteiger partial charge in [-0.1, -0.05) is 23.2 Å². The first kappa shape index (κ1) is 19.2. The molecule has 2 heterocycles. The first-order valence-electron chi connectivity index (χ1n) is 7.18. The Balaban J connectivity index is 0.00000192. The molecule has 2 unspecified atom stereocenters. The van der Waals surface area contributed by atoms with E-state index in [1.165, 1.54) is 23.5 Å². The van der Waals surface area contributed by atoms with Crippen LogP contribution in [0.15, 0.2) is 17.0 Å². The van der Waals surface area contributed by atoms with Crippen LogP contribution in [0.25, 0.3) is 0 Å². The molecule has 23 heavy (non-hydrogen) atoms. The van der Waals surface area contributed by atoms with Gasteiger partial charge in [-0.3, -0.25) is 0 Å². The molecule has 1 N–H and O–H groups in total. The first-order valence-corrected chi connectivity index (χ1v) is 9.38. The van der Waals surface area contributed by atoms with Crippen molar-refractivity contribution in [2.24, 2.45) is 0 Å². The topological polar surface area (TPSA) is 49.4 Å². The van der Waals surface area contributed by atoms with Crippen molar-refractivity contribution in [1.29, 1.82) is 0 Å². The van der Waals surface area contributed by atoms with Crippen molar-refractivity contribution in [3.8, 4) is 0 Å². The van der Waals surface area contributed by atoms with Crippen molar-refractivity contribution in [2.45, 2.75) is 48.7 Å². The van der Waals surface area contributed by atoms with Crippen LogP contribution in [0.1, 0.15) is 25.7 Å². The van der Waals surface area contributed by atoms with Crippen molar-refractivity contribution in [1.82, 2.24) is 9.62 Å². The van der Waals surface area contributed by atoms with E-state index in [1.54, 1.807) is 0 Å². The largest absolute Gasteiger partial charge is 0.311 e. The quantitative estimate of drug-likeness (QED) is 0.786. The maximum Gasteiger partial charge on any atom is 0.244 e. The lowest BCUT2D eigenvalue weighted by Gasteiger charge is -2.35. The summed E-state index contributed by atoms with van der Waals surface area (Å²) in [4.78, 5) is -0.232. The van der Waals surface area contributed by atoms with Crippen molar-refractivity contribution < 1.29 is 12.8 Å². The second-order valence-corrected chi connectivity index (χ2v) is 8.71. The highest BCUT2D eigenvalue weighted by Crippen LogP contribution is 2.35. The monoisotopic (exact) mass is 402 g/mol. The molecule has 2 saturated heterocycles. The predicted octanol–water partition coefficient (Wildman–Crippen LogP) is 3.46. The van der Waals surface area contributed by atoms with Gasteiger partial charge in [0.05, 0.1) is 10.0 Å². The third kappa shape index (κ3) is 3.48. The molecule has 1 aromatic carbocycles. The van der Waals surface area contributed by atoms with Crippen LogP contribution >= 0.6 is 35.6 Å². The smallest absolute Gasteiger partial charge is 0.244 e. The van der Waals surface area contributed by atoms with Crippen LogP contribution in [-0.4, -0.2) is 37.9 Å². The van der Waals surface area contributed by atoms with E-state index in [-0.39, 0.29) is 28.4 Å². The van der Waals surface area contributed by atoms with E-state index in [1.807, 2.05) is 0 Å². The number of halogens is 4. The highest BCUT2D eigenvalue weighted by atomic mass is 35.5. The third-order valence-corrected chi connectivity index (χ3v) is 7.35. The highest BCUT2D eigenvalue weighted by molar-refractivity contribution is 7.89. The van der Waals surface area contributed by atoms with Crippen LogP contribution in [0.3, 0.4) is 0 Å². The number of nitrogens with one attached hydrogen (secondary N) is 1. The molecule has 2 aliphatic heterocycles. The molecule has 3 rings (SSSR count). The van der Waals surface area contributed by atoms with Gasteiger partial charge < -0.3 is 5.32 Å². The fraction of sp³-hybridized carbons (Fsp3) is 0.571. The molecular weight excluding hydrogens is 386 g/mol. The summed E-state index contributed by atoms with van der Waals surface area (Å²) in [5.41, 5.74) is 0. The van der Waals surface area contributed by atoms with Crippen LogP contribution < -0.4 is 5.32 Å².